The highest BCUT2D eigenvalue weighted by molar-refractivity contribution is 6.02. The number of hydroxylamine groups is 1. The van der Waals surface area contributed by atoms with E-state index in [9.17, 15) is 14.4 Å². The predicted molar refractivity (Wildman–Crippen MR) is 125 cm³/mol. The van der Waals surface area contributed by atoms with Crippen molar-refractivity contribution >= 4 is 23.0 Å². The lowest BCUT2D eigenvalue weighted by Gasteiger charge is -2.11. The molecule has 0 aliphatic heterocycles. The average Bonchev–Trinajstić information content (AvgIpc) is 3.17. The maximum Gasteiger partial charge on any atom is 0.332 e. The van der Waals surface area contributed by atoms with Crippen molar-refractivity contribution in [1.82, 2.24) is 30.3 Å². The lowest BCUT2D eigenvalue weighted by atomic mass is 10.1. The van der Waals surface area contributed by atoms with Crippen LogP contribution in [0, 0.1) is 0 Å². The molecule has 1 aromatic carbocycles. The first-order valence-electron chi connectivity index (χ1n) is 11.2. The van der Waals surface area contributed by atoms with Gasteiger partial charge < -0.3 is 15.0 Å². The Balaban J connectivity index is 1.83. The molecule has 11 heteroatoms. The van der Waals surface area contributed by atoms with Gasteiger partial charge in [-0.15, -0.1) is 0 Å². The van der Waals surface area contributed by atoms with Gasteiger partial charge in [0.2, 0.25) is 5.91 Å². The molecule has 0 unspecified atom stereocenters. The fourth-order valence-electron chi connectivity index (χ4n) is 3.57. The topological polar surface area (TPSA) is 151 Å². The van der Waals surface area contributed by atoms with Gasteiger partial charge in [0.1, 0.15) is 17.1 Å². The third kappa shape index (κ3) is 5.60. The van der Waals surface area contributed by atoms with Gasteiger partial charge in [0.05, 0.1) is 12.8 Å². The number of nitrogens with zero attached hydrogens (tertiary/aromatic N) is 3. The highest BCUT2D eigenvalue weighted by atomic mass is 16.5. The number of hydrogen-bond donors (Lipinski definition) is 4. The van der Waals surface area contributed by atoms with Crippen LogP contribution in [0.1, 0.15) is 68.2 Å². The zero-order chi connectivity index (χ0) is 24.7. The fourth-order valence-corrected chi connectivity index (χ4v) is 3.57. The van der Waals surface area contributed by atoms with Crippen molar-refractivity contribution in [3.8, 4) is 11.4 Å². The summed E-state index contributed by atoms with van der Waals surface area (Å²) >= 11 is 0. The number of imidazole rings is 1. The quantitative estimate of drug-likeness (QED) is 0.191. The number of nitrogens with one attached hydrogen (secondary N) is 3. The van der Waals surface area contributed by atoms with Crippen LogP contribution in [0.25, 0.3) is 16.9 Å². The number of aromatic amines is 1. The number of rotatable bonds is 11. The Morgan fingerprint density at radius 1 is 1.15 bits per heavy atom. The first kappa shape index (κ1) is 24.9. The lowest BCUT2D eigenvalue weighted by molar-refractivity contribution is -0.129. The van der Waals surface area contributed by atoms with E-state index in [4.69, 9.17) is 9.94 Å². The average molecular weight is 471 g/mol. The number of ether oxygens (including phenoxy) is 1. The van der Waals surface area contributed by atoms with Gasteiger partial charge >= 0.3 is 5.69 Å². The van der Waals surface area contributed by atoms with Gasteiger partial charge in [0.25, 0.3) is 5.91 Å². The van der Waals surface area contributed by atoms with Gasteiger partial charge in [-0.1, -0.05) is 38.8 Å². The molecule has 0 bridgehead atoms. The van der Waals surface area contributed by atoms with Crippen molar-refractivity contribution in [3.05, 3.63) is 46.3 Å². The smallest absolute Gasteiger partial charge is 0.332 e. The minimum Gasteiger partial charge on any atom is -0.495 e. The molecule has 4 N–H and O–H groups in total. The third-order valence-corrected chi connectivity index (χ3v) is 5.35. The largest absolute Gasteiger partial charge is 0.495 e. The molecule has 0 spiro atoms. The normalized spacial score (nSPS) is 11.1. The van der Waals surface area contributed by atoms with Crippen LogP contribution < -0.4 is 21.2 Å². The molecule has 0 radical (unpaired) electrons. The highest BCUT2D eigenvalue weighted by Gasteiger charge is 2.23. The summed E-state index contributed by atoms with van der Waals surface area (Å²) in [4.78, 5) is 48.7. The van der Waals surface area contributed by atoms with E-state index in [1.54, 1.807) is 29.7 Å². The monoisotopic (exact) mass is 470 g/mol. The molecule has 0 fully saturated rings. The van der Waals surface area contributed by atoms with E-state index in [2.05, 4.69) is 20.3 Å². The van der Waals surface area contributed by atoms with Crippen LogP contribution in [0.4, 0.5) is 0 Å². The summed E-state index contributed by atoms with van der Waals surface area (Å²) in [5.41, 5.74) is 2.34. The second-order valence-electron chi connectivity index (χ2n) is 8.18. The Labute approximate surface area is 196 Å². The zero-order valence-corrected chi connectivity index (χ0v) is 19.6. The Morgan fingerprint density at radius 2 is 1.88 bits per heavy atom. The van der Waals surface area contributed by atoms with Crippen LogP contribution in [0.3, 0.4) is 0 Å². The zero-order valence-electron chi connectivity index (χ0n) is 19.6. The van der Waals surface area contributed by atoms with Crippen molar-refractivity contribution in [2.75, 3.05) is 13.7 Å². The van der Waals surface area contributed by atoms with Gasteiger partial charge in [0.15, 0.2) is 11.3 Å². The molecule has 3 aromatic rings. The van der Waals surface area contributed by atoms with Crippen LogP contribution in [-0.4, -0.2) is 50.2 Å². The number of benzene rings is 1. The molecule has 0 saturated carbocycles. The van der Waals surface area contributed by atoms with Gasteiger partial charge in [0, 0.05) is 18.9 Å². The van der Waals surface area contributed by atoms with Crippen LogP contribution in [0.2, 0.25) is 0 Å². The summed E-state index contributed by atoms with van der Waals surface area (Å²) in [6.45, 7) is 4.25. The van der Waals surface area contributed by atoms with E-state index >= 15 is 0 Å². The van der Waals surface area contributed by atoms with Crippen molar-refractivity contribution in [1.29, 1.82) is 0 Å². The van der Waals surface area contributed by atoms with E-state index in [0.29, 0.717) is 35.9 Å². The van der Waals surface area contributed by atoms with Gasteiger partial charge in [-0.3, -0.25) is 14.8 Å². The minimum atomic E-state index is -0.448. The van der Waals surface area contributed by atoms with E-state index in [1.807, 2.05) is 13.8 Å². The third-order valence-electron chi connectivity index (χ3n) is 5.35. The molecule has 34 heavy (non-hydrogen) atoms. The van der Waals surface area contributed by atoms with Crippen LogP contribution in [-0.2, 0) is 4.79 Å². The Kier molecular flexibility index (Phi) is 8.36. The van der Waals surface area contributed by atoms with E-state index in [1.165, 1.54) is 11.7 Å². The number of aromatic nitrogens is 4. The molecule has 3 rings (SSSR count). The summed E-state index contributed by atoms with van der Waals surface area (Å²) < 4.78 is 6.80. The number of methoxy groups -OCH3 is 1. The summed E-state index contributed by atoms with van der Waals surface area (Å²) in [5, 5.41) is 11.4. The van der Waals surface area contributed by atoms with Crippen molar-refractivity contribution in [3.63, 3.8) is 0 Å². The summed E-state index contributed by atoms with van der Waals surface area (Å²) in [5.74, 6) is 0.0711. The van der Waals surface area contributed by atoms with Crippen LogP contribution in [0.5, 0.6) is 5.75 Å². The summed E-state index contributed by atoms with van der Waals surface area (Å²) in [6.07, 6.45) is 3.25. The second-order valence-corrected chi connectivity index (χ2v) is 8.18. The minimum absolute atomic E-state index is 0.0665. The van der Waals surface area contributed by atoms with Crippen molar-refractivity contribution in [2.45, 2.75) is 51.9 Å². The molecule has 0 atom stereocenters. The Morgan fingerprint density at radius 3 is 2.59 bits per heavy atom. The standard InChI is InChI=1S/C23H30N6O5/c1-14(2)20-25-19(22(31)24-13-9-5-4-6-12-17(30)28-33)18-21(27-20)29(23(32)26-18)15-10-7-8-11-16(15)34-3/h7-8,10-11,14,33H,4-6,9,12-13H2,1-3H3,(H,24,31)(H,26,32)(H,28,30). The first-order valence-corrected chi connectivity index (χ1v) is 11.2. The molecular weight excluding hydrogens is 440 g/mol. The Bertz CT molecular complexity index is 1220. The predicted octanol–water partition coefficient (Wildman–Crippen LogP) is 2.43. The van der Waals surface area contributed by atoms with Gasteiger partial charge in [-0.25, -0.2) is 24.8 Å². The number of carbonyl (C=O) groups is 2. The number of fused-ring (bicyclic) bond motifs is 1. The number of hydrogen-bond acceptors (Lipinski definition) is 7. The van der Waals surface area contributed by atoms with E-state index in [0.717, 1.165) is 19.3 Å². The molecular formula is C23H30N6O5. The maximum absolute atomic E-state index is 13.0. The molecule has 0 aliphatic rings. The van der Waals surface area contributed by atoms with Crippen LogP contribution in [0.15, 0.2) is 29.1 Å². The van der Waals surface area contributed by atoms with Crippen molar-refractivity contribution in [2.24, 2.45) is 0 Å². The number of amides is 2. The number of H-pyrrole nitrogens is 1. The molecule has 11 nitrogen and oxygen atoms in total. The first-order chi connectivity index (χ1) is 16.4. The molecule has 2 heterocycles. The summed E-state index contributed by atoms with van der Waals surface area (Å²) in [6, 6.07) is 7.08. The van der Waals surface area contributed by atoms with Crippen molar-refractivity contribution < 1.29 is 19.5 Å². The number of para-hydroxylation sites is 2. The van der Waals surface area contributed by atoms with E-state index < -0.39 is 17.5 Å². The molecule has 182 valence electrons. The number of carbonyl (C=O) groups excluding carboxylic acids is 2. The Hall–Kier alpha value is -3.73. The lowest BCUT2D eigenvalue weighted by Crippen LogP contribution is -2.26. The van der Waals surface area contributed by atoms with Gasteiger partial charge in [-0.05, 0) is 25.0 Å². The van der Waals surface area contributed by atoms with Crippen LogP contribution >= 0.6 is 0 Å². The van der Waals surface area contributed by atoms with E-state index in [-0.39, 0.29) is 23.5 Å². The second kappa shape index (κ2) is 11.4. The number of unbranched alkanes of at least 4 members (excludes halogenated alkanes) is 3. The molecule has 2 aromatic heterocycles. The summed E-state index contributed by atoms with van der Waals surface area (Å²) in [7, 11) is 1.52. The maximum atomic E-state index is 13.0. The molecule has 0 saturated heterocycles. The highest BCUT2D eigenvalue weighted by Crippen LogP contribution is 2.25. The fraction of sp³-hybridized carbons (Fsp3) is 0.435. The molecule has 2 amide bonds. The SMILES string of the molecule is COc1ccccc1-n1c(=O)[nH]c2c(C(=O)NCCCCCCC(=O)NO)nc(C(C)C)nc21. The van der Waals surface area contributed by atoms with Gasteiger partial charge in [-0.2, -0.15) is 0 Å². The molecule has 0 aliphatic carbocycles.